The van der Waals surface area contributed by atoms with Crippen molar-refractivity contribution >= 4 is 50.4 Å². The van der Waals surface area contributed by atoms with Crippen LogP contribution in [0.4, 0.5) is 0 Å². The van der Waals surface area contributed by atoms with Crippen molar-refractivity contribution in [1.29, 1.82) is 0 Å². The standard InChI is InChI=1S/C18H24O3S.Na.H/c1-2-3-4-5-6-7-11-16-14-13-15-10-8-9-12-17(15)18(16)22(19,20)21;;/h8-10,12-14H,2-7,11H2,1H3,(H,19,20,21);;. The third kappa shape index (κ3) is 5.87. The van der Waals surface area contributed by atoms with Gasteiger partial charge in [-0.3, -0.25) is 4.55 Å². The van der Waals surface area contributed by atoms with Gasteiger partial charge in [0.05, 0.1) is 0 Å². The molecule has 0 fully saturated rings. The van der Waals surface area contributed by atoms with Gasteiger partial charge >= 0.3 is 29.6 Å². The summed E-state index contributed by atoms with van der Waals surface area (Å²) in [4.78, 5) is 0.0826. The van der Waals surface area contributed by atoms with Gasteiger partial charge in [0.15, 0.2) is 0 Å². The molecule has 0 aliphatic rings. The summed E-state index contributed by atoms with van der Waals surface area (Å²) in [7, 11) is -4.21. The molecule has 0 amide bonds. The van der Waals surface area contributed by atoms with Gasteiger partial charge < -0.3 is 0 Å². The molecule has 0 aromatic heterocycles. The van der Waals surface area contributed by atoms with Crippen LogP contribution in [0.5, 0.6) is 0 Å². The van der Waals surface area contributed by atoms with Crippen molar-refractivity contribution in [3.63, 3.8) is 0 Å². The van der Waals surface area contributed by atoms with Gasteiger partial charge in [-0.1, -0.05) is 75.4 Å². The average molecular weight is 344 g/mol. The second kappa shape index (κ2) is 9.80. The number of rotatable bonds is 8. The van der Waals surface area contributed by atoms with Crippen molar-refractivity contribution in [2.45, 2.75) is 56.8 Å². The molecule has 0 unspecified atom stereocenters. The van der Waals surface area contributed by atoms with Gasteiger partial charge in [-0.25, -0.2) is 0 Å². The molecule has 0 saturated carbocycles. The molecule has 0 spiro atoms. The van der Waals surface area contributed by atoms with Crippen LogP contribution in [0.25, 0.3) is 10.8 Å². The van der Waals surface area contributed by atoms with E-state index < -0.39 is 10.1 Å². The van der Waals surface area contributed by atoms with Gasteiger partial charge in [-0.05, 0) is 23.8 Å². The predicted molar refractivity (Wildman–Crippen MR) is 98.0 cm³/mol. The fourth-order valence-electron chi connectivity index (χ4n) is 2.89. The molecular formula is C18H25NaO3S. The second-order valence-electron chi connectivity index (χ2n) is 5.77. The summed E-state index contributed by atoms with van der Waals surface area (Å²) in [5.41, 5.74) is 0.719. The maximum atomic E-state index is 11.8. The summed E-state index contributed by atoms with van der Waals surface area (Å²) in [5, 5.41) is 1.44. The number of fused-ring (bicyclic) bond motifs is 1. The first-order chi connectivity index (χ1) is 10.5. The molecular weight excluding hydrogens is 319 g/mol. The molecule has 1 N–H and O–H groups in total. The van der Waals surface area contributed by atoms with Crippen molar-refractivity contribution in [3.05, 3.63) is 42.0 Å². The van der Waals surface area contributed by atoms with Gasteiger partial charge in [-0.15, -0.1) is 0 Å². The van der Waals surface area contributed by atoms with Crippen LogP contribution in [0.3, 0.4) is 0 Å². The summed E-state index contributed by atoms with van der Waals surface area (Å²) >= 11 is 0. The molecule has 2 aromatic carbocycles. The van der Waals surface area contributed by atoms with Crippen LogP contribution in [0, 0.1) is 0 Å². The Kier molecular flexibility index (Phi) is 8.80. The zero-order valence-electron chi connectivity index (χ0n) is 13.1. The first-order valence-corrected chi connectivity index (χ1v) is 9.46. The van der Waals surface area contributed by atoms with Gasteiger partial charge in [0.1, 0.15) is 4.90 Å². The van der Waals surface area contributed by atoms with E-state index in [4.69, 9.17) is 0 Å². The third-order valence-electron chi connectivity index (χ3n) is 4.02. The molecule has 0 heterocycles. The molecule has 2 aromatic rings. The van der Waals surface area contributed by atoms with Crippen LogP contribution < -0.4 is 0 Å². The first kappa shape index (κ1) is 20.7. The van der Waals surface area contributed by atoms with Crippen molar-refractivity contribution < 1.29 is 13.0 Å². The molecule has 0 saturated heterocycles. The normalized spacial score (nSPS) is 11.4. The van der Waals surface area contributed by atoms with E-state index in [9.17, 15) is 13.0 Å². The second-order valence-corrected chi connectivity index (χ2v) is 7.13. The van der Waals surface area contributed by atoms with Crippen LogP contribution in [-0.4, -0.2) is 42.5 Å². The molecule has 0 radical (unpaired) electrons. The monoisotopic (exact) mass is 344 g/mol. The van der Waals surface area contributed by atoms with Gasteiger partial charge in [-0.2, -0.15) is 8.42 Å². The third-order valence-corrected chi connectivity index (χ3v) is 5.02. The Morgan fingerprint density at radius 3 is 2.26 bits per heavy atom. The van der Waals surface area contributed by atoms with E-state index in [-0.39, 0.29) is 34.5 Å². The Morgan fingerprint density at radius 1 is 0.913 bits per heavy atom. The van der Waals surface area contributed by atoms with Gasteiger partial charge in [0.25, 0.3) is 10.1 Å². The molecule has 3 nitrogen and oxygen atoms in total. The molecule has 0 bridgehead atoms. The molecule has 0 aliphatic carbocycles. The van der Waals surface area contributed by atoms with E-state index in [1.165, 1.54) is 25.7 Å². The Balaban J connectivity index is 0.00000264. The molecule has 0 aliphatic heterocycles. The number of hydrogen-bond acceptors (Lipinski definition) is 2. The van der Waals surface area contributed by atoms with Crippen LogP contribution in [0.2, 0.25) is 0 Å². The van der Waals surface area contributed by atoms with E-state index in [0.29, 0.717) is 11.8 Å². The number of benzene rings is 2. The van der Waals surface area contributed by atoms with E-state index in [1.54, 1.807) is 12.1 Å². The first-order valence-electron chi connectivity index (χ1n) is 8.02. The summed E-state index contributed by atoms with van der Waals surface area (Å²) in [6.45, 7) is 2.19. The molecule has 122 valence electrons. The van der Waals surface area contributed by atoms with E-state index in [1.807, 2.05) is 24.3 Å². The average Bonchev–Trinajstić information content (AvgIpc) is 2.49. The zero-order valence-corrected chi connectivity index (χ0v) is 13.9. The van der Waals surface area contributed by atoms with Crippen LogP contribution in [0.15, 0.2) is 41.3 Å². The summed E-state index contributed by atoms with van der Waals surface area (Å²) in [5.74, 6) is 0. The number of hydrogen-bond donors (Lipinski definition) is 1. The van der Waals surface area contributed by atoms with Gasteiger partial charge in [0.2, 0.25) is 0 Å². The van der Waals surface area contributed by atoms with Crippen molar-refractivity contribution in [3.8, 4) is 0 Å². The SMILES string of the molecule is CCCCCCCCc1ccc2ccccc2c1S(=O)(=O)O.[NaH]. The Hall–Kier alpha value is -0.390. The minimum atomic E-state index is -4.21. The Morgan fingerprint density at radius 2 is 1.57 bits per heavy atom. The van der Waals surface area contributed by atoms with Crippen molar-refractivity contribution in [2.75, 3.05) is 0 Å². The van der Waals surface area contributed by atoms with Crippen molar-refractivity contribution in [1.82, 2.24) is 0 Å². The summed E-state index contributed by atoms with van der Waals surface area (Å²) < 4.78 is 33.2. The maximum absolute atomic E-state index is 11.8. The van der Waals surface area contributed by atoms with Crippen LogP contribution >= 0.6 is 0 Å². The van der Waals surface area contributed by atoms with Crippen LogP contribution in [0.1, 0.15) is 51.0 Å². The Labute approximate surface area is 161 Å². The summed E-state index contributed by atoms with van der Waals surface area (Å²) in [6, 6.07) is 11.0. The predicted octanol–water partition coefficient (Wildman–Crippen LogP) is 4.34. The molecule has 23 heavy (non-hydrogen) atoms. The summed E-state index contributed by atoms with van der Waals surface area (Å²) in [6.07, 6.45) is 7.63. The van der Waals surface area contributed by atoms with E-state index >= 15 is 0 Å². The topological polar surface area (TPSA) is 54.4 Å². The van der Waals surface area contributed by atoms with E-state index in [0.717, 1.165) is 23.8 Å². The Bertz CT molecular complexity index is 726. The zero-order chi connectivity index (χ0) is 16.0. The van der Waals surface area contributed by atoms with Gasteiger partial charge in [0, 0.05) is 5.39 Å². The molecule has 0 atom stereocenters. The molecule has 5 heteroatoms. The fraction of sp³-hybridized carbons (Fsp3) is 0.444. The number of aryl methyl sites for hydroxylation is 1. The van der Waals surface area contributed by atoms with E-state index in [2.05, 4.69) is 6.92 Å². The number of unbranched alkanes of at least 4 members (excludes halogenated alkanes) is 5. The minimum absolute atomic E-state index is 0. The molecule has 2 rings (SSSR count). The fourth-order valence-corrected chi connectivity index (χ4v) is 3.85. The quantitative estimate of drug-likeness (QED) is 0.440. The van der Waals surface area contributed by atoms with Crippen LogP contribution in [-0.2, 0) is 16.5 Å². The van der Waals surface area contributed by atoms with Crippen molar-refractivity contribution in [2.24, 2.45) is 0 Å².